The summed E-state index contributed by atoms with van der Waals surface area (Å²) in [5.74, 6) is -0.595. The largest absolute Gasteiger partial charge is 0.460 e. The molecule has 4 heterocycles. The number of allylic oxidation sites excluding steroid dienone is 1. The molecule has 2 aliphatic heterocycles. The summed E-state index contributed by atoms with van der Waals surface area (Å²) in [5.41, 5.74) is 6.42. The summed E-state index contributed by atoms with van der Waals surface area (Å²) in [6, 6.07) is 4.18. The molecule has 0 saturated heterocycles. The van der Waals surface area contributed by atoms with Gasteiger partial charge in [-0.15, -0.1) is 0 Å². The molecule has 0 bridgehead atoms. The van der Waals surface area contributed by atoms with Gasteiger partial charge in [0.1, 0.15) is 6.61 Å². The first-order valence-corrected chi connectivity index (χ1v) is 8.80. The van der Waals surface area contributed by atoms with Gasteiger partial charge in [-0.3, -0.25) is 9.59 Å². The highest BCUT2D eigenvalue weighted by Crippen LogP contribution is 2.36. The lowest BCUT2D eigenvalue weighted by atomic mass is 9.90. The Hall–Kier alpha value is -2.69. The van der Waals surface area contributed by atoms with E-state index < -0.39 is 0 Å². The Morgan fingerprint density at radius 3 is 3.00 bits per heavy atom. The topological polar surface area (TPSA) is 61.2 Å². The zero-order valence-corrected chi connectivity index (χ0v) is 14.0. The summed E-state index contributed by atoms with van der Waals surface area (Å²) in [4.78, 5) is 29.9. The molecule has 1 atom stereocenters. The molecule has 2 aromatic heterocycles. The SMILES string of the molecule is CCC1C(=O)OCc2c1cc1n(c2=O)Cc2cc3c(nc2-1)C=CCC3. The molecule has 0 amide bonds. The minimum atomic E-state index is -0.357. The maximum atomic E-state index is 13.0. The standard InChI is InChI=1S/C20H18N2O3/c1-2-13-14-8-17-18-12(7-11-5-3-4-6-16(11)21-18)9-22(17)19(23)15(14)10-25-20(13)24/h4,6-8,13H,2-3,5,9-10H2,1H3. The first kappa shape index (κ1) is 14.6. The van der Waals surface area contributed by atoms with Crippen LogP contribution in [0.3, 0.4) is 0 Å². The molecule has 126 valence electrons. The molecule has 1 aliphatic carbocycles. The third-order valence-corrected chi connectivity index (χ3v) is 5.50. The van der Waals surface area contributed by atoms with Crippen LogP contribution in [0.15, 0.2) is 23.0 Å². The molecule has 0 N–H and O–H groups in total. The van der Waals surface area contributed by atoms with Gasteiger partial charge in [0.05, 0.1) is 35.1 Å². The van der Waals surface area contributed by atoms with Gasteiger partial charge in [0.25, 0.3) is 5.56 Å². The lowest BCUT2D eigenvalue weighted by Gasteiger charge is -2.24. The number of hydrogen-bond donors (Lipinski definition) is 0. The van der Waals surface area contributed by atoms with Crippen molar-refractivity contribution < 1.29 is 9.53 Å². The van der Waals surface area contributed by atoms with Crippen LogP contribution < -0.4 is 5.56 Å². The zero-order valence-electron chi connectivity index (χ0n) is 14.0. The van der Waals surface area contributed by atoms with Crippen LogP contribution in [0, 0.1) is 0 Å². The number of nitrogens with zero attached hydrogens (tertiary/aromatic N) is 2. The number of hydrogen-bond acceptors (Lipinski definition) is 4. The van der Waals surface area contributed by atoms with Crippen LogP contribution in [0.5, 0.6) is 0 Å². The number of fused-ring (bicyclic) bond motifs is 5. The van der Waals surface area contributed by atoms with Gasteiger partial charge >= 0.3 is 5.97 Å². The van der Waals surface area contributed by atoms with Gasteiger partial charge in [-0.25, -0.2) is 4.98 Å². The van der Waals surface area contributed by atoms with Gasteiger partial charge in [-0.1, -0.05) is 13.0 Å². The number of ether oxygens (including phenoxy) is 1. The highest BCUT2D eigenvalue weighted by atomic mass is 16.5. The Morgan fingerprint density at radius 1 is 1.28 bits per heavy atom. The van der Waals surface area contributed by atoms with E-state index in [1.165, 1.54) is 5.56 Å². The Morgan fingerprint density at radius 2 is 2.16 bits per heavy atom. The first-order chi connectivity index (χ1) is 12.2. The maximum Gasteiger partial charge on any atom is 0.313 e. The summed E-state index contributed by atoms with van der Waals surface area (Å²) < 4.78 is 7.01. The van der Waals surface area contributed by atoms with Gasteiger partial charge in [-0.05, 0) is 48.6 Å². The zero-order chi connectivity index (χ0) is 17.1. The maximum absolute atomic E-state index is 13.0. The van der Waals surface area contributed by atoms with Gasteiger partial charge in [-0.2, -0.15) is 0 Å². The van der Waals surface area contributed by atoms with Crippen molar-refractivity contribution in [1.82, 2.24) is 9.55 Å². The fourth-order valence-corrected chi connectivity index (χ4v) is 4.18. The Balaban J connectivity index is 1.74. The number of rotatable bonds is 1. The van der Waals surface area contributed by atoms with E-state index in [0.717, 1.165) is 41.1 Å². The quantitative estimate of drug-likeness (QED) is 0.642. The number of carbonyl (C=O) groups excluding carboxylic acids is 1. The van der Waals surface area contributed by atoms with Crippen molar-refractivity contribution in [3.05, 3.63) is 56.5 Å². The molecular formula is C20H18N2O3. The minimum Gasteiger partial charge on any atom is -0.460 e. The van der Waals surface area contributed by atoms with Crippen molar-refractivity contribution in [1.29, 1.82) is 0 Å². The molecule has 5 nitrogen and oxygen atoms in total. The van der Waals surface area contributed by atoms with E-state index in [9.17, 15) is 9.59 Å². The summed E-state index contributed by atoms with van der Waals surface area (Å²) in [7, 11) is 0. The lowest BCUT2D eigenvalue weighted by molar-refractivity contribution is -0.148. The van der Waals surface area contributed by atoms with E-state index in [1.54, 1.807) is 4.57 Å². The van der Waals surface area contributed by atoms with Crippen molar-refractivity contribution in [2.24, 2.45) is 0 Å². The summed E-state index contributed by atoms with van der Waals surface area (Å²) >= 11 is 0. The minimum absolute atomic E-state index is 0.0510. The van der Waals surface area contributed by atoms with Crippen molar-refractivity contribution >= 4 is 12.0 Å². The predicted molar refractivity (Wildman–Crippen MR) is 93.2 cm³/mol. The number of pyridine rings is 2. The van der Waals surface area contributed by atoms with Crippen LogP contribution in [0.2, 0.25) is 0 Å². The van der Waals surface area contributed by atoms with Gasteiger partial charge in [0.2, 0.25) is 0 Å². The average molecular weight is 334 g/mol. The van der Waals surface area contributed by atoms with E-state index in [0.29, 0.717) is 18.5 Å². The van der Waals surface area contributed by atoms with Crippen LogP contribution in [0.1, 0.15) is 53.6 Å². The molecule has 2 aromatic rings. The summed E-state index contributed by atoms with van der Waals surface area (Å²) in [6.07, 6.45) is 6.85. The molecule has 25 heavy (non-hydrogen) atoms. The lowest BCUT2D eigenvalue weighted by Crippen LogP contribution is -2.32. The third kappa shape index (κ3) is 1.98. The fourth-order valence-electron chi connectivity index (χ4n) is 4.18. The Bertz CT molecular complexity index is 1020. The van der Waals surface area contributed by atoms with Crippen LogP contribution in [-0.2, 0) is 29.1 Å². The number of aryl methyl sites for hydroxylation is 1. The van der Waals surface area contributed by atoms with Crippen molar-refractivity contribution in [3.8, 4) is 11.4 Å². The second kappa shape index (κ2) is 5.15. The van der Waals surface area contributed by atoms with Crippen molar-refractivity contribution in [2.75, 3.05) is 0 Å². The molecule has 5 rings (SSSR count). The molecule has 0 aromatic carbocycles. The van der Waals surface area contributed by atoms with E-state index in [-0.39, 0.29) is 24.1 Å². The number of cyclic esters (lactones) is 1. The normalized spacial score (nSPS) is 19.7. The van der Waals surface area contributed by atoms with Gasteiger partial charge < -0.3 is 9.30 Å². The molecule has 0 radical (unpaired) electrons. The second-order valence-corrected chi connectivity index (χ2v) is 6.90. The smallest absolute Gasteiger partial charge is 0.313 e. The van der Waals surface area contributed by atoms with Crippen molar-refractivity contribution in [2.45, 2.75) is 45.3 Å². The van der Waals surface area contributed by atoms with Crippen LogP contribution in [0.4, 0.5) is 0 Å². The molecular weight excluding hydrogens is 316 g/mol. The molecule has 0 fully saturated rings. The van der Waals surface area contributed by atoms with E-state index in [4.69, 9.17) is 9.72 Å². The highest BCUT2D eigenvalue weighted by molar-refractivity contribution is 5.81. The molecule has 3 aliphatic rings. The fraction of sp³-hybridized carbons (Fsp3) is 0.350. The average Bonchev–Trinajstić information content (AvgIpc) is 2.98. The van der Waals surface area contributed by atoms with E-state index >= 15 is 0 Å². The number of esters is 1. The van der Waals surface area contributed by atoms with Crippen LogP contribution >= 0.6 is 0 Å². The van der Waals surface area contributed by atoms with Gasteiger partial charge in [0, 0.05) is 5.56 Å². The number of carbonyl (C=O) groups is 1. The Labute approximate surface area is 145 Å². The highest BCUT2D eigenvalue weighted by Gasteiger charge is 2.34. The first-order valence-electron chi connectivity index (χ1n) is 8.80. The summed E-state index contributed by atoms with van der Waals surface area (Å²) in [6.45, 7) is 2.57. The molecule has 0 saturated carbocycles. The third-order valence-electron chi connectivity index (χ3n) is 5.50. The van der Waals surface area contributed by atoms with Gasteiger partial charge in [0.15, 0.2) is 0 Å². The number of aromatic nitrogens is 2. The molecule has 5 heteroatoms. The monoisotopic (exact) mass is 334 g/mol. The molecule has 1 unspecified atom stereocenters. The Kier molecular flexibility index (Phi) is 3.02. The van der Waals surface area contributed by atoms with E-state index in [1.807, 2.05) is 13.0 Å². The second-order valence-electron chi connectivity index (χ2n) is 6.90. The van der Waals surface area contributed by atoms with Crippen molar-refractivity contribution in [3.63, 3.8) is 0 Å². The summed E-state index contributed by atoms with van der Waals surface area (Å²) in [5, 5.41) is 0. The molecule has 0 spiro atoms. The van der Waals surface area contributed by atoms with E-state index in [2.05, 4.69) is 18.2 Å². The van der Waals surface area contributed by atoms with Crippen LogP contribution in [-0.4, -0.2) is 15.5 Å². The van der Waals surface area contributed by atoms with Crippen LogP contribution in [0.25, 0.3) is 17.5 Å². The predicted octanol–water partition coefficient (Wildman–Crippen LogP) is 2.78.